The van der Waals surface area contributed by atoms with Crippen molar-refractivity contribution < 1.29 is 14.3 Å². The second-order valence-electron chi connectivity index (χ2n) is 5.43. The molecule has 1 amide bonds. The van der Waals surface area contributed by atoms with Gasteiger partial charge in [-0.3, -0.25) is 4.79 Å². The van der Waals surface area contributed by atoms with Gasteiger partial charge in [0.15, 0.2) is 6.61 Å². The summed E-state index contributed by atoms with van der Waals surface area (Å²) in [5.41, 5.74) is 3.38. The van der Waals surface area contributed by atoms with Gasteiger partial charge in [0.25, 0.3) is 5.91 Å². The normalized spacial score (nSPS) is 10.2. The first-order valence-corrected chi connectivity index (χ1v) is 7.69. The van der Waals surface area contributed by atoms with Crippen molar-refractivity contribution in [3.05, 3.63) is 59.2 Å². The molecular weight excluding hydrogens is 290 g/mol. The summed E-state index contributed by atoms with van der Waals surface area (Å²) in [6.07, 6.45) is 0.777. The van der Waals surface area contributed by atoms with E-state index in [4.69, 9.17) is 9.47 Å². The van der Waals surface area contributed by atoms with Crippen LogP contribution in [0.25, 0.3) is 0 Å². The summed E-state index contributed by atoms with van der Waals surface area (Å²) in [7, 11) is 1.64. The number of rotatable bonds is 7. The SMILES string of the molecule is COc1ccc(CCNC(=O)COc2cccc(C)c2C)cc1. The number of carbonyl (C=O) groups is 1. The predicted molar refractivity (Wildman–Crippen MR) is 91.1 cm³/mol. The lowest BCUT2D eigenvalue weighted by molar-refractivity contribution is -0.123. The molecule has 0 bridgehead atoms. The molecule has 0 heterocycles. The Balaban J connectivity index is 1.73. The number of benzene rings is 2. The van der Waals surface area contributed by atoms with Gasteiger partial charge in [0, 0.05) is 6.54 Å². The number of nitrogens with one attached hydrogen (secondary N) is 1. The molecule has 2 rings (SSSR count). The first-order chi connectivity index (χ1) is 11.1. The van der Waals surface area contributed by atoms with Gasteiger partial charge in [-0.15, -0.1) is 0 Å². The number of ether oxygens (including phenoxy) is 2. The minimum Gasteiger partial charge on any atom is -0.497 e. The lowest BCUT2D eigenvalue weighted by Gasteiger charge is -2.11. The van der Waals surface area contributed by atoms with Crippen molar-refractivity contribution in [1.82, 2.24) is 5.32 Å². The zero-order valence-corrected chi connectivity index (χ0v) is 13.9. The van der Waals surface area contributed by atoms with Crippen LogP contribution in [0.5, 0.6) is 11.5 Å². The van der Waals surface area contributed by atoms with E-state index in [9.17, 15) is 4.79 Å². The van der Waals surface area contributed by atoms with Gasteiger partial charge in [-0.25, -0.2) is 0 Å². The van der Waals surface area contributed by atoms with Gasteiger partial charge in [-0.05, 0) is 55.2 Å². The summed E-state index contributed by atoms with van der Waals surface area (Å²) >= 11 is 0. The molecule has 0 saturated carbocycles. The molecule has 2 aromatic carbocycles. The topological polar surface area (TPSA) is 47.6 Å². The smallest absolute Gasteiger partial charge is 0.257 e. The fraction of sp³-hybridized carbons (Fsp3) is 0.316. The zero-order valence-electron chi connectivity index (χ0n) is 13.9. The number of carbonyl (C=O) groups excluding carboxylic acids is 1. The highest BCUT2D eigenvalue weighted by atomic mass is 16.5. The molecule has 4 nitrogen and oxygen atoms in total. The Morgan fingerprint density at radius 3 is 2.52 bits per heavy atom. The van der Waals surface area contributed by atoms with E-state index in [0.717, 1.165) is 34.6 Å². The molecule has 0 aliphatic heterocycles. The van der Waals surface area contributed by atoms with Crippen molar-refractivity contribution in [2.24, 2.45) is 0 Å². The number of hydrogen-bond acceptors (Lipinski definition) is 3. The van der Waals surface area contributed by atoms with Crippen molar-refractivity contribution in [2.75, 3.05) is 20.3 Å². The maximum absolute atomic E-state index is 11.8. The monoisotopic (exact) mass is 313 g/mol. The Hall–Kier alpha value is -2.49. The van der Waals surface area contributed by atoms with E-state index >= 15 is 0 Å². The summed E-state index contributed by atoms with van der Waals surface area (Å²) in [5.74, 6) is 1.48. The average molecular weight is 313 g/mol. The van der Waals surface area contributed by atoms with Crippen LogP contribution in [-0.2, 0) is 11.2 Å². The molecule has 1 N–H and O–H groups in total. The molecule has 0 atom stereocenters. The summed E-state index contributed by atoms with van der Waals surface area (Å²) in [5, 5.41) is 2.87. The molecule has 4 heteroatoms. The predicted octanol–water partition coefficient (Wildman–Crippen LogP) is 3.05. The molecule has 0 aromatic heterocycles. The highest BCUT2D eigenvalue weighted by molar-refractivity contribution is 5.77. The first-order valence-electron chi connectivity index (χ1n) is 7.69. The van der Waals surface area contributed by atoms with Crippen molar-refractivity contribution in [3.8, 4) is 11.5 Å². The van der Waals surface area contributed by atoms with E-state index in [1.165, 1.54) is 0 Å². The number of aryl methyl sites for hydroxylation is 1. The Morgan fingerprint density at radius 1 is 1.09 bits per heavy atom. The fourth-order valence-electron chi connectivity index (χ4n) is 2.21. The minimum atomic E-state index is -0.112. The fourth-order valence-corrected chi connectivity index (χ4v) is 2.21. The molecule has 122 valence electrons. The quantitative estimate of drug-likeness (QED) is 0.854. The van der Waals surface area contributed by atoms with Crippen molar-refractivity contribution >= 4 is 5.91 Å². The van der Waals surface area contributed by atoms with Gasteiger partial charge in [0.1, 0.15) is 11.5 Å². The maximum Gasteiger partial charge on any atom is 0.257 e. The molecule has 0 spiro atoms. The highest BCUT2D eigenvalue weighted by Crippen LogP contribution is 2.20. The van der Waals surface area contributed by atoms with Crippen LogP contribution < -0.4 is 14.8 Å². The number of hydrogen-bond donors (Lipinski definition) is 1. The molecule has 0 saturated heterocycles. The summed E-state index contributed by atoms with van der Waals surface area (Å²) < 4.78 is 10.7. The van der Waals surface area contributed by atoms with Gasteiger partial charge in [0.05, 0.1) is 7.11 Å². The zero-order chi connectivity index (χ0) is 16.7. The van der Waals surface area contributed by atoms with Gasteiger partial charge in [-0.2, -0.15) is 0 Å². The number of methoxy groups -OCH3 is 1. The van der Waals surface area contributed by atoms with Gasteiger partial charge in [0.2, 0.25) is 0 Å². The molecule has 0 aliphatic rings. The van der Waals surface area contributed by atoms with Crippen molar-refractivity contribution in [2.45, 2.75) is 20.3 Å². The number of amides is 1. The second-order valence-corrected chi connectivity index (χ2v) is 5.43. The lowest BCUT2D eigenvalue weighted by atomic mass is 10.1. The molecule has 0 fully saturated rings. The van der Waals surface area contributed by atoms with Crippen LogP contribution in [-0.4, -0.2) is 26.2 Å². The lowest BCUT2D eigenvalue weighted by Crippen LogP contribution is -2.30. The van der Waals surface area contributed by atoms with E-state index in [1.54, 1.807) is 7.11 Å². The molecular formula is C19H23NO3. The van der Waals surface area contributed by atoms with Crippen LogP contribution in [0.2, 0.25) is 0 Å². The first kappa shape index (κ1) is 16.9. The minimum absolute atomic E-state index is 0.0346. The van der Waals surface area contributed by atoms with Crippen LogP contribution in [0.1, 0.15) is 16.7 Å². The van der Waals surface area contributed by atoms with Crippen LogP contribution >= 0.6 is 0 Å². The van der Waals surface area contributed by atoms with E-state index in [1.807, 2.05) is 56.3 Å². The van der Waals surface area contributed by atoms with E-state index in [2.05, 4.69) is 5.32 Å². The van der Waals surface area contributed by atoms with Gasteiger partial charge >= 0.3 is 0 Å². The molecule has 2 aromatic rings. The van der Waals surface area contributed by atoms with Crippen molar-refractivity contribution in [1.29, 1.82) is 0 Å². The summed E-state index contributed by atoms with van der Waals surface area (Å²) in [6.45, 7) is 4.64. The average Bonchev–Trinajstić information content (AvgIpc) is 2.57. The van der Waals surface area contributed by atoms with Gasteiger partial charge in [-0.1, -0.05) is 24.3 Å². The maximum atomic E-state index is 11.8. The van der Waals surface area contributed by atoms with Gasteiger partial charge < -0.3 is 14.8 Å². The second kappa shape index (κ2) is 8.22. The Bertz CT molecular complexity index is 650. The molecule has 0 unspecified atom stereocenters. The van der Waals surface area contributed by atoms with Crippen LogP contribution in [0.4, 0.5) is 0 Å². The third-order valence-electron chi connectivity index (χ3n) is 3.81. The standard InChI is InChI=1S/C19H23NO3/c1-14-5-4-6-18(15(14)2)23-13-19(21)20-12-11-16-7-9-17(22-3)10-8-16/h4-10H,11-13H2,1-3H3,(H,20,21). The molecule has 0 aliphatic carbocycles. The Morgan fingerprint density at radius 2 is 1.83 bits per heavy atom. The van der Waals surface area contributed by atoms with Crippen LogP contribution in [0.15, 0.2) is 42.5 Å². The molecule has 0 radical (unpaired) electrons. The largest absolute Gasteiger partial charge is 0.497 e. The highest BCUT2D eigenvalue weighted by Gasteiger charge is 2.05. The third-order valence-corrected chi connectivity index (χ3v) is 3.81. The third kappa shape index (κ3) is 5.02. The van der Waals surface area contributed by atoms with Crippen LogP contribution in [0, 0.1) is 13.8 Å². The van der Waals surface area contributed by atoms with Crippen LogP contribution in [0.3, 0.4) is 0 Å². The van der Waals surface area contributed by atoms with E-state index in [0.29, 0.717) is 6.54 Å². The summed E-state index contributed by atoms with van der Waals surface area (Å²) in [4.78, 5) is 11.8. The molecule has 23 heavy (non-hydrogen) atoms. The summed E-state index contributed by atoms with van der Waals surface area (Å²) in [6, 6.07) is 13.7. The Kier molecular flexibility index (Phi) is 6.03. The Labute approximate surface area is 137 Å². The van der Waals surface area contributed by atoms with E-state index in [-0.39, 0.29) is 12.5 Å². The van der Waals surface area contributed by atoms with E-state index < -0.39 is 0 Å². The van der Waals surface area contributed by atoms with Crippen molar-refractivity contribution in [3.63, 3.8) is 0 Å².